The van der Waals surface area contributed by atoms with Gasteiger partial charge in [0.2, 0.25) is 5.78 Å². The summed E-state index contributed by atoms with van der Waals surface area (Å²) in [5.74, 6) is -1.05. The molecule has 114 valence electrons. The minimum Gasteiger partial charge on any atom is -0.506 e. The van der Waals surface area contributed by atoms with E-state index in [4.69, 9.17) is 0 Å². The number of non-ortho nitro benzene ring substituents is 1. The monoisotopic (exact) mass is 310 g/mol. The molecule has 0 aromatic heterocycles. The van der Waals surface area contributed by atoms with Crippen molar-refractivity contribution in [3.8, 4) is 5.75 Å². The number of nitrogens with one attached hydrogen (secondary N) is 1. The highest BCUT2D eigenvalue weighted by Crippen LogP contribution is 2.30. The third-order valence-electron chi connectivity index (χ3n) is 3.42. The summed E-state index contributed by atoms with van der Waals surface area (Å²) in [6, 6.07) is 9.74. The van der Waals surface area contributed by atoms with Crippen LogP contribution in [0.4, 0.5) is 11.4 Å². The van der Waals surface area contributed by atoms with Crippen molar-refractivity contribution >= 4 is 22.9 Å². The number of nitrogens with zero attached hydrogens (tertiary/aromatic N) is 1. The molecular formula is C16H10N2O5. The van der Waals surface area contributed by atoms with Gasteiger partial charge in [0.15, 0.2) is 5.78 Å². The Morgan fingerprint density at radius 2 is 1.74 bits per heavy atom. The van der Waals surface area contributed by atoms with E-state index in [9.17, 15) is 24.8 Å². The van der Waals surface area contributed by atoms with E-state index in [2.05, 4.69) is 5.32 Å². The zero-order valence-electron chi connectivity index (χ0n) is 11.6. The summed E-state index contributed by atoms with van der Waals surface area (Å²) in [6.45, 7) is 0. The number of ketones is 2. The molecule has 0 radical (unpaired) electrons. The average molecular weight is 310 g/mol. The molecule has 0 aliphatic heterocycles. The second kappa shape index (κ2) is 5.38. The van der Waals surface area contributed by atoms with Gasteiger partial charge in [0.25, 0.3) is 5.69 Å². The van der Waals surface area contributed by atoms with E-state index in [0.717, 1.165) is 24.3 Å². The minimum absolute atomic E-state index is 0.0222. The normalized spacial score (nSPS) is 13.3. The van der Waals surface area contributed by atoms with Gasteiger partial charge in [0.1, 0.15) is 5.75 Å². The first kappa shape index (κ1) is 14.5. The van der Waals surface area contributed by atoms with Crippen molar-refractivity contribution in [3.05, 3.63) is 75.5 Å². The maximum Gasteiger partial charge on any atom is 0.271 e. The van der Waals surface area contributed by atoms with Crippen LogP contribution in [-0.4, -0.2) is 21.6 Å². The van der Waals surface area contributed by atoms with Crippen LogP contribution in [0.3, 0.4) is 0 Å². The van der Waals surface area contributed by atoms with Crippen molar-refractivity contribution in [1.82, 2.24) is 0 Å². The fraction of sp³-hybridized carbons (Fsp3) is 0. The lowest BCUT2D eigenvalue weighted by Crippen LogP contribution is -2.21. The van der Waals surface area contributed by atoms with Gasteiger partial charge in [0.05, 0.1) is 16.3 Å². The lowest BCUT2D eigenvalue weighted by molar-refractivity contribution is -0.384. The van der Waals surface area contributed by atoms with Crippen LogP contribution in [-0.2, 0) is 0 Å². The average Bonchev–Trinajstić information content (AvgIpc) is 2.54. The second-order valence-corrected chi connectivity index (χ2v) is 4.88. The van der Waals surface area contributed by atoms with E-state index in [0.29, 0.717) is 5.56 Å². The third-order valence-corrected chi connectivity index (χ3v) is 3.42. The Balaban J connectivity index is 1.99. The SMILES string of the molecule is O=C1C=C(Nc2cc([N+](=O)[O-])ccc2O)C(=O)c2ccccc21. The Hall–Kier alpha value is -3.48. The van der Waals surface area contributed by atoms with Gasteiger partial charge in [0, 0.05) is 29.3 Å². The minimum atomic E-state index is -0.623. The maximum atomic E-state index is 12.4. The van der Waals surface area contributed by atoms with Gasteiger partial charge in [-0.3, -0.25) is 19.7 Å². The number of carbonyl (C=O) groups is 2. The van der Waals surface area contributed by atoms with Crippen LogP contribution < -0.4 is 5.32 Å². The van der Waals surface area contributed by atoms with Crippen molar-refractivity contribution in [2.75, 3.05) is 5.32 Å². The molecule has 0 saturated carbocycles. The molecule has 0 saturated heterocycles. The highest BCUT2D eigenvalue weighted by Gasteiger charge is 2.26. The molecular weight excluding hydrogens is 300 g/mol. The smallest absolute Gasteiger partial charge is 0.271 e. The van der Waals surface area contributed by atoms with Crippen LogP contribution in [0.5, 0.6) is 5.75 Å². The first-order valence-corrected chi connectivity index (χ1v) is 6.61. The molecule has 2 aromatic carbocycles. The van der Waals surface area contributed by atoms with Crippen molar-refractivity contribution in [2.24, 2.45) is 0 Å². The standard InChI is InChI=1S/C16H10N2O5/c19-14-6-5-9(18(22)23)7-12(14)17-13-8-15(20)10-3-1-2-4-11(10)16(13)21/h1-8,17,19H. The summed E-state index contributed by atoms with van der Waals surface area (Å²) in [5.41, 5.74) is 0.218. The fourth-order valence-corrected chi connectivity index (χ4v) is 2.29. The van der Waals surface area contributed by atoms with Crippen molar-refractivity contribution < 1.29 is 19.6 Å². The van der Waals surface area contributed by atoms with E-state index in [-0.39, 0.29) is 34.2 Å². The Morgan fingerprint density at radius 3 is 2.43 bits per heavy atom. The number of allylic oxidation sites excluding steroid dienone is 2. The van der Waals surface area contributed by atoms with Crippen LogP contribution in [0, 0.1) is 10.1 Å². The number of aromatic hydroxyl groups is 1. The maximum absolute atomic E-state index is 12.4. The van der Waals surface area contributed by atoms with Crippen LogP contribution in [0.15, 0.2) is 54.2 Å². The number of hydrogen-bond acceptors (Lipinski definition) is 6. The van der Waals surface area contributed by atoms with Crippen molar-refractivity contribution in [1.29, 1.82) is 0 Å². The van der Waals surface area contributed by atoms with Gasteiger partial charge >= 0.3 is 0 Å². The highest BCUT2D eigenvalue weighted by atomic mass is 16.6. The number of hydrogen-bond donors (Lipinski definition) is 2. The summed E-state index contributed by atoms with van der Waals surface area (Å²) in [4.78, 5) is 34.6. The summed E-state index contributed by atoms with van der Waals surface area (Å²) in [5, 5.41) is 23.2. The van der Waals surface area contributed by atoms with Crippen molar-refractivity contribution in [2.45, 2.75) is 0 Å². The van der Waals surface area contributed by atoms with E-state index in [1.165, 1.54) is 6.07 Å². The van der Waals surface area contributed by atoms with Crippen molar-refractivity contribution in [3.63, 3.8) is 0 Å². The molecule has 0 spiro atoms. The number of rotatable bonds is 3. The predicted molar refractivity (Wildman–Crippen MR) is 81.6 cm³/mol. The Bertz CT molecular complexity index is 886. The Kier molecular flexibility index (Phi) is 3.38. The molecule has 2 N–H and O–H groups in total. The molecule has 0 fully saturated rings. The van der Waals surface area contributed by atoms with E-state index >= 15 is 0 Å². The number of Topliss-reactive ketones (excluding diaryl/α,β-unsaturated/α-hetero) is 1. The molecule has 0 heterocycles. The Morgan fingerprint density at radius 1 is 1.04 bits per heavy atom. The molecule has 7 nitrogen and oxygen atoms in total. The Labute approximate surface area is 130 Å². The largest absolute Gasteiger partial charge is 0.506 e. The highest BCUT2D eigenvalue weighted by molar-refractivity contribution is 6.25. The van der Waals surface area contributed by atoms with Gasteiger partial charge in [-0.15, -0.1) is 0 Å². The first-order chi connectivity index (χ1) is 11.0. The number of anilines is 1. The second-order valence-electron chi connectivity index (χ2n) is 4.88. The summed E-state index contributed by atoms with van der Waals surface area (Å²) < 4.78 is 0. The number of benzene rings is 2. The number of fused-ring (bicyclic) bond motifs is 1. The molecule has 0 bridgehead atoms. The number of nitro groups is 1. The number of phenolic OH excluding ortho intramolecular Hbond substituents is 1. The summed E-state index contributed by atoms with van der Waals surface area (Å²) in [7, 11) is 0. The molecule has 1 aliphatic rings. The molecule has 0 amide bonds. The summed E-state index contributed by atoms with van der Waals surface area (Å²) in [6.07, 6.45) is 1.11. The zero-order chi connectivity index (χ0) is 16.6. The van der Waals surface area contributed by atoms with Gasteiger partial charge in [-0.25, -0.2) is 0 Å². The predicted octanol–water partition coefficient (Wildman–Crippen LogP) is 2.68. The lowest BCUT2D eigenvalue weighted by atomic mass is 9.92. The van der Waals surface area contributed by atoms with Crippen LogP contribution in [0.25, 0.3) is 0 Å². The van der Waals surface area contributed by atoms with Crippen LogP contribution >= 0.6 is 0 Å². The number of phenols is 1. The van der Waals surface area contributed by atoms with E-state index in [1.807, 2.05) is 0 Å². The molecule has 1 aliphatic carbocycles. The fourth-order valence-electron chi connectivity index (χ4n) is 2.29. The quantitative estimate of drug-likeness (QED) is 0.512. The molecule has 2 aromatic rings. The van der Waals surface area contributed by atoms with Gasteiger partial charge in [-0.05, 0) is 6.07 Å². The van der Waals surface area contributed by atoms with Gasteiger partial charge in [-0.2, -0.15) is 0 Å². The number of carbonyl (C=O) groups excluding carboxylic acids is 2. The molecule has 0 atom stereocenters. The lowest BCUT2D eigenvalue weighted by Gasteiger charge is -2.16. The van der Waals surface area contributed by atoms with Gasteiger partial charge < -0.3 is 10.4 Å². The number of nitro benzene ring substituents is 1. The van der Waals surface area contributed by atoms with E-state index in [1.54, 1.807) is 18.2 Å². The molecule has 7 heteroatoms. The van der Waals surface area contributed by atoms with Gasteiger partial charge in [-0.1, -0.05) is 24.3 Å². The van der Waals surface area contributed by atoms with Crippen LogP contribution in [0.2, 0.25) is 0 Å². The van der Waals surface area contributed by atoms with Crippen LogP contribution in [0.1, 0.15) is 20.7 Å². The topological polar surface area (TPSA) is 110 Å². The molecule has 3 rings (SSSR count). The summed E-state index contributed by atoms with van der Waals surface area (Å²) >= 11 is 0. The molecule has 23 heavy (non-hydrogen) atoms. The molecule has 0 unspecified atom stereocenters. The third kappa shape index (κ3) is 2.55. The van der Waals surface area contributed by atoms with E-state index < -0.39 is 10.7 Å². The zero-order valence-corrected chi connectivity index (χ0v) is 11.6. The first-order valence-electron chi connectivity index (χ1n) is 6.61.